The molecule has 1 N–H and O–H groups in total. The highest BCUT2D eigenvalue weighted by molar-refractivity contribution is 5.91. The molecule has 3 rings (SSSR count). The number of hydrogen-bond donors (Lipinski definition) is 1. The summed E-state index contributed by atoms with van der Waals surface area (Å²) in [5.41, 5.74) is 0.768. The fourth-order valence-electron chi connectivity index (χ4n) is 2.50. The molecule has 9 heteroatoms. The molecule has 0 spiro atoms. The van der Waals surface area contributed by atoms with Gasteiger partial charge in [-0.3, -0.25) is 4.79 Å². The van der Waals surface area contributed by atoms with Crippen LogP contribution in [0.5, 0.6) is 0 Å². The average molecular weight is 340 g/mol. The number of hydrogen-bond acceptors (Lipinski definition) is 4. The molecule has 0 bridgehead atoms. The Hall–Kier alpha value is -2.58. The van der Waals surface area contributed by atoms with Gasteiger partial charge in [0.1, 0.15) is 5.82 Å². The van der Waals surface area contributed by atoms with Gasteiger partial charge in [-0.2, -0.15) is 13.2 Å². The second-order valence-corrected chi connectivity index (χ2v) is 5.63. The van der Waals surface area contributed by atoms with Crippen LogP contribution in [0.15, 0.2) is 23.4 Å². The summed E-state index contributed by atoms with van der Waals surface area (Å²) in [5.74, 6) is 0.118. The number of carbonyl (C=O) groups is 1. The summed E-state index contributed by atoms with van der Waals surface area (Å²) in [6, 6.07) is 3.38. The van der Waals surface area contributed by atoms with Crippen molar-refractivity contribution >= 4 is 22.7 Å². The molecule has 2 aromatic rings. The van der Waals surface area contributed by atoms with E-state index in [-0.39, 0.29) is 18.0 Å². The maximum Gasteiger partial charge on any atom is 0.416 e. The third kappa shape index (κ3) is 3.06. The van der Waals surface area contributed by atoms with Crippen molar-refractivity contribution < 1.29 is 22.8 Å². The van der Waals surface area contributed by atoms with Gasteiger partial charge in [0, 0.05) is 13.5 Å². The smallest absolute Gasteiger partial charge is 0.382 e. The number of carbonyl (C=O) groups excluding carboxylic acids is 1. The van der Waals surface area contributed by atoms with Gasteiger partial charge in [0.15, 0.2) is 0 Å². The molecule has 1 atom stereocenters. The van der Waals surface area contributed by atoms with E-state index in [0.29, 0.717) is 17.8 Å². The molecular formula is C15H15F3N4O2. The molecule has 0 saturated heterocycles. The van der Waals surface area contributed by atoms with Gasteiger partial charge >= 0.3 is 6.18 Å². The fraction of sp³-hybridized carbons (Fsp3) is 0.400. The number of halogens is 3. The van der Waals surface area contributed by atoms with Crippen molar-refractivity contribution in [3.8, 4) is 0 Å². The number of amides is 1. The zero-order valence-corrected chi connectivity index (χ0v) is 13.0. The maximum atomic E-state index is 12.8. The molecule has 1 aromatic carbocycles. The van der Waals surface area contributed by atoms with E-state index in [2.05, 4.69) is 15.5 Å². The van der Waals surface area contributed by atoms with Gasteiger partial charge in [-0.1, -0.05) is 5.16 Å². The van der Waals surface area contributed by atoms with E-state index in [0.717, 1.165) is 17.8 Å². The zero-order valence-electron chi connectivity index (χ0n) is 13.0. The topological polar surface area (TPSA) is 68.5 Å². The first-order valence-electron chi connectivity index (χ1n) is 7.25. The lowest BCUT2D eigenvalue weighted by atomic mass is 10.2. The van der Waals surface area contributed by atoms with Crippen molar-refractivity contribution in [3.05, 3.63) is 29.6 Å². The molecule has 0 fully saturated rings. The summed E-state index contributed by atoms with van der Waals surface area (Å²) in [6.07, 6.45) is -4.67. The molecule has 6 nitrogen and oxygen atoms in total. The second kappa shape index (κ2) is 5.81. The van der Waals surface area contributed by atoms with E-state index >= 15 is 0 Å². The van der Waals surface area contributed by atoms with Crippen LogP contribution in [0.1, 0.15) is 24.7 Å². The standard InChI is InChI=1S/C15H15F3N4O2/c1-8-5-12(24-21-8)14(23)19-7-13-20-10-6-9(15(16,17)18)3-4-11(10)22(13)2/h3-4,6,12H,5,7H2,1-2H3,(H,19,23)/t12-/m1/s1. The van der Waals surface area contributed by atoms with Gasteiger partial charge in [-0.15, -0.1) is 0 Å². The van der Waals surface area contributed by atoms with Crippen molar-refractivity contribution in [1.29, 1.82) is 0 Å². The highest BCUT2D eigenvalue weighted by Gasteiger charge is 2.31. The Morgan fingerprint density at radius 2 is 2.21 bits per heavy atom. The maximum absolute atomic E-state index is 12.8. The van der Waals surface area contributed by atoms with E-state index in [4.69, 9.17) is 4.84 Å². The van der Waals surface area contributed by atoms with Crippen molar-refractivity contribution in [1.82, 2.24) is 14.9 Å². The first-order chi connectivity index (χ1) is 11.3. The van der Waals surface area contributed by atoms with E-state index < -0.39 is 17.8 Å². The summed E-state index contributed by atoms with van der Waals surface area (Å²) in [5, 5.41) is 6.37. The van der Waals surface area contributed by atoms with Gasteiger partial charge in [-0.05, 0) is 25.1 Å². The van der Waals surface area contributed by atoms with Crippen molar-refractivity contribution in [2.24, 2.45) is 12.2 Å². The second-order valence-electron chi connectivity index (χ2n) is 5.63. The molecule has 24 heavy (non-hydrogen) atoms. The first kappa shape index (κ1) is 16.3. The lowest BCUT2D eigenvalue weighted by Gasteiger charge is -2.09. The minimum Gasteiger partial charge on any atom is -0.382 e. The molecule has 1 aromatic heterocycles. The largest absolute Gasteiger partial charge is 0.416 e. The predicted octanol–water partition coefficient (Wildman–Crippen LogP) is 2.37. The molecule has 0 radical (unpaired) electrons. The van der Waals surface area contributed by atoms with Crippen LogP contribution in [-0.4, -0.2) is 27.3 Å². The summed E-state index contributed by atoms with van der Waals surface area (Å²) < 4.78 is 39.9. The molecule has 2 heterocycles. The Kier molecular flexibility index (Phi) is 3.94. The monoisotopic (exact) mass is 340 g/mol. The summed E-state index contributed by atoms with van der Waals surface area (Å²) in [6.45, 7) is 1.85. The van der Waals surface area contributed by atoms with Gasteiger partial charge in [0.05, 0.1) is 28.9 Å². The number of nitrogens with one attached hydrogen (secondary N) is 1. The Bertz CT molecular complexity index is 826. The minimum atomic E-state index is -4.42. The molecule has 0 unspecified atom stereocenters. The Morgan fingerprint density at radius 3 is 2.83 bits per heavy atom. The Balaban J connectivity index is 1.75. The molecule has 0 aliphatic carbocycles. The van der Waals surface area contributed by atoms with Crippen LogP contribution in [-0.2, 0) is 29.4 Å². The van der Waals surface area contributed by atoms with Crippen molar-refractivity contribution in [2.45, 2.75) is 32.2 Å². The highest BCUT2D eigenvalue weighted by Crippen LogP contribution is 2.31. The quantitative estimate of drug-likeness (QED) is 0.933. The van der Waals surface area contributed by atoms with E-state index in [1.54, 1.807) is 18.5 Å². The third-order valence-electron chi connectivity index (χ3n) is 3.83. The Morgan fingerprint density at radius 1 is 1.46 bits per heavy atom. The lowest BCUT2D eigenvalue weighted by Crippen LogP contribution is -2.34. The van der Waals surface area contributed by atoms with E-state index in [1.807, 2.05) is 0 Å². The third-order valence-corrected chi connectivity index (χ3v) is 3.83. The number of rotatable bonds is 3. The summed E-state index contributed by atoms with van der Waals surface area (Å²) in [7, 11) is 1.68. The number of benzene rings is 1. The number of aryl methyl sites for hydroxylation is 1. The highest BCUT2D eigenvalue weighted by atomic mass is 19.4. The van der Waals surface area contributed by atoms with Crippen LogP contribution in [0.25, 0.3) is 11.0 Å². The first-order valence-corrected chi connectivity index (χ1v) is 7.25. The number of nitrogens with zero attached hydrogens (tertiary/aromatic N) is 3. The number of oxime groups is 1. The molecule has 1 aliphatic rings. The van der Waals surface area contributed by atoms with Gasteiger partial charge < -0.3 is 14.7 Å². The normalized spacial score (nSPS) is 17.7. The fourth-order valence-corrected chi connectivity index (χ4v) is 2.50. The molecule has 1 amide bonds. The van der Waals surface area contributed by atoms with Crippen LogP contribution < -0.4 is 5.32 Å². The van der Waals surface area contributed by atoms with Gasteiger partial charge in [-0.25, -0.2) is 4.98 Å². The minimum absolute atomic E-state index is 0.0876. The van der Waals surface area contributed by atoms with Crippen LogP contribution >= 0.6 is 0 Å². The van der Waals surface area contributed by atoms with Gasteiger partial charge in [0.2, 0.25) is 6.10 Å². The number of alkyl halides is 3. The van der Waals surface area contributed by atoms with Crippen LogP contribution in [0.2, 0.25) is 0 Å². The van der Waals surface area contributed by atoms with Gasteiger partial charge in [0.25, 0.3) is 5.91 Å². The SMILES string of the molecule is CC1=NO[C@@H](C(=O)NCc2nc3cc(C(F)(F)F)ccc3n2C)C1. The van der Waals surface area contributed by atoms with Crippen LogP contribution in [0, 0.1) is 0 Å². The van der Waals surface area contributed by atoms with E-state index in [9.17, 15) is 18.0 Å². The number of fused-ring (bicyclic) bond motifs is 1. The lowest BCUT2D eigenvalue weighted by molar-refractivity contribution is -0.137. The van der Waals surface area contributed by atoms with E-state index in [1.165, 1.54) is 6.07 Å². The predicted molar refractivity (Wildman–Crippen MR) is 80.2 cm³/mol. The van der Waals surface area contributed by atoms with Crippen molar-refractivity contribution in [3.63, 3.8) is 0 Å². The molecule has 1 aliphatic heterocycles. The molecule has 0 saturated carbocycles. The number of imidazole rings is 1. The van der Waals surface area contributed by atoms with Crippen LogP contribution in [0.3, 0.4) is 0 Å². The Labute approximate surface area is 135 Å². The van der Waals surface area contributed by atoms with Crippen LogP contribution in [0.4, 0.5) is 13.2 Å². The van der Waals surface area contributed by atoms with Crippen molar-refractivity contribution in [2.75, 3.05) is 0 Å². The summed E-state index contributed by atoms with van der Waals surface area (Å²) in [4.78, 5) is 21.1. The molecular weight excluding hydrogens is 325 g/mol. The summed E-state index contributed by atoms with van der Waals surface area (Å²) >= 11 is 0. The molecule has 128 valence electrons. The average Bonchev–Trinajstić information content (AvgIpc) is 3.08. The number of aromatic nitrogens is 2. The zero-order chi connectivity index (χ0) is 17.5.